The van der Waals surface area contributed by atoms with Crippen LogP contribution in [0.2, 0.25) is 0 Å². The summed E-state index contributed by atoms with van der Waals surface area (Å²) >= 11 is 0. The van der Waals surface area contributed by atoms with E-state index in [0.29, 0.717) is 17.5 Å². The van der Waals surface area contributed by atoms with E-state index in [1.165, 1.54) is 38.1 Å². The van der Waals surface area contributed by atoms with Gasteiger partial charge in [0.1, 0.15) is 54.1 Å². The second-order valence-corrected chi connectivity index (χ2v) is 19.1. The van der Waals surface area contributed by atoms with E-state index in [-0.39, 0.29) is 43.9 Å². The van der Waals surface area contributed by atoms with Gasteiger partial charge < -0.3 is 84.4 Å². The number of nitrogens with one attached hydrogen (secondary N) is 8. The van der Waals surface area contributed by atoms with Crippen molar-refractivity contribution < 1.29 is 83.1 Å². The summed E-state index contributed by atoms with van der Waals surface area (Å²) in [5.74, 6) is -12.5. The van der Waals surface area contributed by atoms with Crippen LogP contribution in [0.25, 0.3) is 0 Å². The van der Waals surface area contributed by atoms with Crippen molar-refractivity contribution in [3.05, 3.63) is 65.7 Å². The second-order valence-electron chi connectivity index (χ2n) is 19.1. The molecule has 28 heteroatoms. The Morgan fingerprint density at radius 2 is 1.22 bits per heavy atom. The number of phenols is 1. The first-order chi connectivity index (χ1) is 36.7. The number of hydrogen-bond acceptors (Lipinski definition) is 16. The van der Waals surface area contributed by atoms with Crippen LogP contribution in [0.4, 0.5) is 0 Å². The molecule has 2 aromatic carbocycles. The standard InChI is InChI=1S/C50H71N11O17/c1-25(2)19-35(50(77)78)58-48(75)37-11-8-18-61(37)49(76)41(27(4)63)60-46(73)34(20-28-9-6-5-7-10-28)56-42(69)26(3)54-39(66)23-53-44(71)32(16-17-38(52)65)55-47(74)36(24-62)59-45(72)33(21-29-12-14-30(64)15-13-29)57-43(70)31(51)22-40(67)68/h5-7,9-10,12-15,25-27,31-37,41,62-64H,8,11,16-24,51H2,1-4H3,(H2,52,65)(H,53,71)(H,54,66)(H,55,74)(H,56,69)(H,57,70)(H,58,75)(H,59,72)(H,60,73)(H,67,68)(H,77,78)/t26-,27+,31-,32-,33-,34-,35-,36-,37-,41-/m0/s1. The molecule has 1 fully saturated rings. The largest absolute Gasteiger partial charge is 0.508 e. The van der Waals surface area contributed by atoms with E-state index < -0.39 is 164 Å². The highest BCUT2D eigenvalue weighted by molar-refractivity contribution is 5.98. The van der Waals surface area contributed by atoms with Crippen molar-refractivity contribution in [2.24, 2.45) is 17.4 Å². The van der Waals surface area contributed by atoms with Crippen molar-refractivity contribution in [2.45, 2.75) is 140 Å². The molecule has 0 unspecified atom stereocenters. The van der Waals surface area contributed by atoms with Gasteiger partial charge in [0, 0.05) is 25.8 Å². The van der Waals surface area contributed by atoms with Crippen LogP contribution >= 0.6 is 0 Å². The van der Waals surface area contributed by atoms with Crippen molar-refractivity contribution in [3.63, 3.8) is 0 Å². The molecule has 1 aliphatic rings. The highest BCUT2D eigenvalue weighted by Crippen LogP contribution is 2.21. The quantitative estimate of drug-likeness (QED) is 0.0337. The van der Waals surface area contributed by atoms with Crippen LogP contribution in [0, 0.1) is 5.92 Å². The molecule has 0 saturated carbocycles. The van der Waals surface area contributed by atoms with Crippen LogP contribution in [0.1, 0.15) is 77.3 Å². The molecule has 3 rings (SSSR count). The summed E-state index contributed by atoms with van der Waals surface area (Å²) in [7, 11) is 0. The van der Waals surface area contributed by atoms with Crippen molar-refractivity contribution in [1.29, 1.82) is 0 Å². The minimum Gasteiger partial charge on any atom is -0.508 e. The van der Waals surface area contributed by atoms with Gasteiger partial charge in [-0.3, -0.25) is 52.7 Å². The van der Waals surface area contributed by atoms with Crippen molar-refractivity contribution in [1.82, 2.24) is 47.4 Å². The number of aliphatic carboxylic acids is 2. The van der Waals surface area contributed by atoms with Crippen LogP contribution in [-0.4, -0.2) is 182 Å². The molecule has 1 saturated heterocycles. The molecule has 428 valence electrons. The Balaban J connectivity index is 1.71. The van der Waals surface area contributed by atoms with E-state index in [1.807, 2.05) is 0 Å². The topological polar surface area (TPSA) is 458 Å². The number of phenolic OH excluding ortho intramolecular Hbond substituents is 1. The van der Waals surface area contributed by atoms with Crippen molar-refractivity contribution in [2.75, 3.05) is 19.7 Å². The lowest BCUT2D eigenvalue weighted by molar-refractivity contribution is -0.146. The zero-order valence-electron chi connectivity index (χ0n) is 43.6. The van der Waals surface area contributed by atoms with Crippen molar-refractivity contribution in [3.8, 4) is 5.75 Å². The number of hydrogen-bond donors (Lipinski definition) is 15. The van der Waals surface area contributed by atoms with Gasteiger partial charge in [0.05, 0.1) is 31.7 Å². The molecule has 17 N–H and O–H groups in total. The minimum atomic E-state index is -1.81. The molecule has 1 aliphatic heterocycles. The maximum Gasteiger partial charge on any atom is 0.326 e. The molecular weight excluding hydrogens is 1030 g/mol. The molecular formula is C50H71N11O17. The number of rotatable bonds is 31. The fourth-order valence-corrected chi connectivity index (χ4v) is 8.02. The number of carbonyl (C=O) groups is 12. The maximum absolute atomic E-state index is 14.0. The van der Waals surface area contributed by atoms with Gasteiger partial charge in [-0.25, -0.2) is 4.79 Å². The lowest BCUT2D eigenvalue weighted by Crippen LogP contribution is -2.61. The number of likely N-dealkylation sites (tertiary alicyclic amines) is 1. The summed E-state index contributed by atoms with van der Waals surface area (Å²) in [4.78, 5) is 157. The number of aromatic hydroxyl groups is 1. The molecule has 78 heavy (non-hydrogen) atoms. The molecule has 0 aromatic heterocycles. The third-order valence-electron chi connectivity index (χ3n) is 12.2. The summed E-state index contributed by atoms with van der Waals surface area (Å²) in [6, 6.07) is 0.355. The Bertz CT molecular complexity index is 2460. The van der Waals surface area contributed by atoms with E-state index in [9.17, 15) is 78.0 Å². The van der Waals surface area contributed by atoms with Crippen LogP contribution in [0.3, 0.4) is 0 Å². The molecule has 0 spiro atoms. The van der Waals surface area contributed by atoms with Gasteiger partial charge in [-0.15, -0.1) is 0 Å². The number of carboxylic acids is 2. The molecule has 10 atom stereocenters. The van der Waals surface area contributed by atoms with Crippen LogP contribution in [-0.2, 0) is 70.4 Å². The first-order valence-electron chi connectivity index (χ1n) is 25.0. The predicted molar refractivity (Wildman–Crippen MR) is 273 cm³/mol. The van der Waals surface area contributed by atoms with Crippen LogP contribution in [0.15, 0.2) is 54.6 Å². The fraction of sp³-hybridized carbons (Fsp3) is 0.520. The van der Waals surface area contributed by atoms with Crippen molar-refractivity contribution >= 4 is 71.0 Å². The number of carbonyl (C=O) groups excluding carboxylic acids is 10. The Hall–Kier alpha value is -8.24. The van der Waals surface area contributed by atoms with E-state index in [2.05, 4.69) is 42.5 Å². The normalized spacial score (nSPS) is 16.5. The summed E-state index contributed by atoms with van der Waals surface area (Å²) in [5.41, 5.74) is 11.9. The summed E-state index contributed by atoms with van der Waals surface area (Å²) in [6.45, 7) is 4.18. The van der Waals surface area contributed by atoms with Gasteiger partial charge in [0.2, 0.25) is 59.1 Å². The number of amides is 10. The first-order valence-corrected chi connectivity index (χ1v) is 25.0. The van der Waals surface area contributed by atoms with E-state index in [0.717, 1.165) is 4.90 Å². The summed E-state index contributed by atoms with van der Waals surface area (Å²) < 4.78 is 0. The molecule has 0 radical (unpaired) electrons. The number of benzene rings is 2. The molecule has 1 heterocycles. The van der Waals surface area contributed by atoms with Gasteiger partial charge in [-0.1, -0.05) is 56.3 Å². The average Bonchev–Trinajstić information content (AvgIpc) is 3.88. The predicted octanol–water partition coefficient (Wildman–Crippen LogP) is -4.73. The Kier molecular flexibility index (Phi) is 25.5. The highest BCUT2D eigenvalue weighted by atomic mass is 16.4. The van der Waals surface area contributed by atoms with Gasteiger partial charge >= 0.3 is 11.9 Å². The third-order valence-corrected chi connectivity index (χ3v) is 12.2. The van der Waals surface area contributed by atoms with Crippen LogP contribution < -0.4 is 54.0 Å². The van der Waals surface area contributed by atoms with E-state index in [4.69, 9.17) is 16.6 Å². The molecule has 0 bridgehead atoms. The lowest BCUT2D eigenvalue weighted by atomic mass is 10.0. The Morgan fingerprint density at radius 1 is 0.667 bits per heavy atom. The lowest BCUT2D eigenvalue weighted by Gasteiger charge is -2.31. The fourth-order valence-electron chi connectivity index (χ4n) is 8.02. The van der Waals surface area contributed by atoms with Crippen LogP contribution in [0.5, 0.6) is 5.75 Å². The zero-order valence-corrected chi connectivity index (χ0v) is 43.6. The maximum atomic E-state index is 14.0. The van der Waals surface area contributed by atoms with E-state index >= 15 is 0 Å². The minimum absolute atomic E-state index is 0.0532. The number of primary amides is 1. The number of aliphatic hydroxyl groups excluding tert-OH is 2. The van der Waals surface area contributed by atoms with Gasteiger partial charge in [0.25, 0.3) is 0 Å². The van der Waals surface area contributed by atoms with Gasteiger partial charge in [0.15, 0.2) is 0 Å². The summed E-state index contributed by atoms with van der Waals surface area (Å²) in [6.07, 6.45) is -3.03. The Morgan fingerprint density at radius 3 is 1.77 bits per heavy atom. The molecule has 28 nitrogen and oxygen atoms in total. The van der Waals surface area contributed by atoms with Gasteiger partial charge in [-0.05, 0) is 68.7 Å². The monoisotopic (exact) mass is 1100 g/mol. The Labute approximate surface area is 448 Å². The number of nitrogens with zero attached hydrogens (tertiary/aromatic N) is 1. The second kappa shape index (κ2) is 31.1. The van der Waals surface area contributed by atoms with Gasteiger partial charge in [-0.2, -0.15) is 0 Å². The summed E-state index contributed by atoms with van der Waals surface area (Å²) in [5, 5.41) is 68.2. The number of carboxylic acid groups (broad SMARTS) is 2. The average molecular weight is 1100 g/mol. The first kappa shape index (κ1) is 64.0. The zero-order chi connectivity index (χ0) is 58.4. The SMILES string of the molecule is CC(C)C[C@H](NC(=O)[C@@H]1CCCN1C(=O)[C@@H](NC(=O)[C@H](Cc1ccccc1)NC(=O)[C@H](C)NC(=O)CNC(=O)[C@H](CCC(N)=O)NC(=O)[C@H](CO)NC(=O)[C@H](Cc1ccc(O)cc1)NC(=O)[C@@H](N)CC(=O)O)[C@@H](C)O)C(=O)O. The van der Waals surface area contributed by atoms with E-state index in [1.54, 1.807) is 44.2 Å². The number of nitrogens with two attached hydrogens (primary N) is 2. The smallest absolute Gasteiger partial charge is 0.326 e. The number of aliphatic hydroxyl groups is 2. The molecule has 10 amide bonds. The third kappa shape index (κ3) is 21.1. The highest BCUT2D eigenvalue weighted by Gasteiger charge is 2.41. The molecule has 2 aromatic rings. The molecule has 0 aliphatic carbocycles.